The molecule has 0 aromatic heterocycles. The molecule has 1 N–H and O–H groups in total. The van der Waals surface area contributed by atoms with Crippen LogP contribution in [0, 0.1) is 17.2 Å². The summed E-state index contributed by atoms with van der Waals surface area (Å²) in [5, 5.41) is 12.4. The number of nitrogens with zero attached hydrogens (tertiary/aromatic N) is 3. The Morgan fingerprint density at radius 2 is 1.97 bits per heavy atom. The minimum absolute atomic E-state index is 0.0139. The van der Waals surface area contributed by atoms with Crippen LogP contribution < -0.4 is 15.0 Å². The van der Waals surface area contributed by atoms with Crippen molar-refractivity contribution in [2.45, 2.75) is 25.3 Å². The van der Waals surface area contributed by atoms with Crippen molar-refractivity contribution in [1.82, 2.24) is 4.90 Å². The maximum absolute atomic E-state index is 13.3. The average Bonchev–Trinajstić information content (AvgIpc) is 3.30. The Morgan fingerprint density at radius 1 is 1.16 bits per heavy atom. The lowest BCUT2D eigenvalue weighted by atomic mass is 10.1. The van der Waals surface area contributed by atoms with E-state index in [1.54, 1.807) is 4.90 Å². The van der Waals surface area contributed by atoms with E-state index in [0.717, 1.165) is 62.8 Å². The number of hydrogen-bond donors (Lipinski definition) is 1. The van der Waals surface area contributed by atoms with Crippen LogP contribution >= 0.6 is 0 Å². The van der Waals surface area contributed by atoms with Crippen molar-refractivity contribution in [3.63, 3.8) is 0 Å². The molecule has 2 aromatic carbocycles. The van der Waals surface area contributed by atoms with Gasteiger partial charge in [-0.05, 0) is 43.5 Å². The number of ether oxygens (including phenoxy) is 2. The molecule has 0 bridgehead atoms. The minimum Gasteiger partial charge on any atom is -0.492 e. The quantitative estimate of drug-likeness (QED) is 0.709. The van der Waals surface area contributed by atoms with E-state index in [1.165, 1.54) is 0 Å². The lowest BCUT2D eigenvalue weighted by Crippen LogP contribution is -2.42. The Kier molecular flexibility index (Phi) is 7.59. The zero-order valence-corrected chi connectivity index (χ0v) is 18.3. The van der Waals surface area contributed by atoms with E-state index in [0.29, 0.717) is 13.0 Å². The summed E-state index contributed by atoms with van der Waals surface area (Å²) in [6.07, 6.45) is 2.30. The van der Waals surface area contributed by atoms with E-state index in [9.17, 15) is 10.1 Å². The molecule has 32 heavy (non-hydrogen) atoms. The van der Waals surface area contributed by atoms with Crippen molar-refractivity contribution in [3.8, 4) is 11.8 Å². The molecule has 168 valence electrons. The molecule has 2 atom stereocenters. The molecule has 7 nitrogen and oxygen atoms in total. The van der Waals surface area contributed by atoms with Gasteiger partial charge in [-0.25, -0.2) is 4.79 Å². The number of rotatable bonds is 7. The van der Waals surface area contributed by atoms with Crippen LogP contribution in [0.25, 0.3) is 0 Å². The first kappa shape index (κ1) is 22.1. The summed E-state index contributed by atoms with van der Waals surface area (Å²) in [6.45, 7) is 4.83. The number of anilines is 2. The number of carbonyl (C=O) groups is 1. The predicted molar refractivity (Wildman–Crippen MR) is 124 cm³/mol. The van der Waals surface area contributed by atoms with Crippen molar-refractivity contribution < 1.29 is 14.3 Å². The van der Waals surface area contributed by atoms with Gasteiger partial charge in [-0.1, -0.05) is 24.3 Å². The number of carbonyl (C=O) groups excluding carboxylic acids is 1. The summed E-state index contributed by atoms with van der Waals surface area (Å²) in [7, 11) is 0. The summed E-state index contributed by atoms with van der Waals surface area (Å²) in [5.74, 6) is 0.725. The van der Waals surface area contributed by atoms with Crippen LogP contribution in [0.4, 0.5) is 16.2 Å². The summed E-state index contributed by atoms with van der Waals surface area (Å²) in [5.41, 5.74) is 1.53. The number of morpholine rings is 1. The van der Waals surface area contributed by atoms with Gasteiger partial charge in [0.25, 0.3) is 0 Å². The normalized spacial score (nSPS) is 21.0. The third-order valence-electron chi connectivity index (χ3n) is 6.07. The number of nitriles is 1. The van der Waals surface area contributed by atoms with E-state index in [1.807, 2.05) is 54.6 Å². The highest BCUT2D eigenvalue weighted by Gasteiger charge is 2.33. The van der Waals surface area contributed by atoms with Crippen molar-refractivity contribution in [3.05, 3.63) is 54.6 Å². The summed E-state index contributed by atoms with van der Waals surface area (Å²) >= 11 is 0. The molecule has 1 aliphatic carbocycles. The van der Waals surface area contributed by atoms with E-state index in [4.69, 9.17) is 9.47 Å². The first-order valence-electron chi connectivity index (χ1n) is 11.3. The fourth-order valence-electron chi connectivity index (χ4n) is 4.35. The second kappa shape index (κ2) is 11.0. The van der Waals surface area contributed by atoms with Gasteiger partial charge in [0, 0.05) is 49.0 Å². The molecular weight excluding hydrogens is 404 g/mol. The molecule has 0 spiro atoms. The van der Waals surface area contributed by atoms with Gasteiger partial charge in [0.15, 0.2) is 0 Å². The van der Waals surface area contributed by atoms with Crippen molar-refractivity contribution in [2.24, 2.45) is 5.92 Å². The highest BCUT2D eigenvalue weighted by Crippen LogP contribution is 2.34. The predicted octanol–water partition coefficient (Wildman–Crippen LogP) is 4.13. The third-order valence-corrected chi connectivity index (χ3v) is 6.07. The largest absolute Gasteiger partial charge is 0.492 e. The lowest BCUT2D eigenvalue weighted by molar-refractivity contribution is 0.0322. The van der Waals surface area contributed by atoms with Crippen molar-refractivity contribution in [1.29, 1.82) is 5.26 Å². The van der Waals surface area contributed by atoms with E-state index in [-0.39, 0.29) is 18.0 Å². The van der Waals surface area contributed by atoms with Gasteiger partial charge in [0.2, 0.25) is 0 Å². The molecule has 4 rings (SSSR count). The molecule has 1 heterocycles. The molecule has 2 unspecified atom stereocenters. The second-order valence-corrected chi connectivity index (χ2v) is 8.26. The molecule has 0 radical (unpaired) electrons. The van der Waals surface area contributed by atoms with Gasteiger partial charge in [-0.2, -0.15) is 5.26 Å². The smallest absolute Gasteiger partial charge is 0.326 e. The third kappa shape index (κ3) is 5.78. The van der Waals surface area contributed by atoms with E-state index in [2.05, 4.69) is 16.3 Å². The zero-order valence-electron chi connectivity index (χ0n) is 18.3. The monoisotopic (exact) mass is 434 g/mol. The van der Waals surface area contributed by atoms with Crippen LogP contribution in [-0.2, 0) is 4.74 Å². The molecular formula is C25H30N4O3. The first-order valence-corrected chi connectivity index (χ1v) is 11.3. The van der Waals surface area contributed by atoms with Gasteiger partial charge in [0.1, 0.15) is 12.4 Å². The Labute approximate surface area is 189 Å². The zero-order chi connectivity index (χ0) is 22.2. The van der Waals surface area contributed by atoms with Gasteiger partial charge in [-0.3, -0.25) is 9.80 Å². The van der Waals surface area contributed by atoms with Crippen LogP contribution in [0.1, 0.15) is 19.3 Å². The van der Waals surface area contributed by atoms with Crippen LogP contribution in [0.3, 0.4) is 0 Å². The molecule has 1 aliphatic heterocycles. The molecule has 2 aliphatic rings. The highest BCUT2D eigenvalue weighted by molar-refractivity contribution is 6.02. The minimum atomic E-state index is -0.190. The highest BCUT2D eigenvalue weighted by atomic mass is 16.5. The number of hydrogen-bond acceptors (Lipinski definition) is 5. The molecule has 2 aromatic rings. The molecule has 1 saturated heterocycles. The standard InChI is InChI=1S/C25H30N4O3/c26-19-20-9-10-23(17-20)29(25(30)27-21-5-2-1-3-6-21)22-7-4-8-24(18-22)32-16-13-28-11-14-31-15-12-28/h1-8,18,20,23H,9-17H2,(H,27,30). The van der Waals surface area contributed by atoms with Gasteiger partial charge >= 0.3 is 6.03 Å². The molecule has 2 fully saturated rings. The molecule has 1 saturated carbocycles. The maximum Gasteiger partial charge on any atom is 0.326 e. The number of urea groups is 1. The Balaban J connectivity index is 1.46. The van der Waals surface area contributed by atoms with E-state index >= 15 is 0 Å². The fraction of sp³-hybridized carbons (Fsp3) is 0.440. The average molecular weight is 435 g/mol. The first-order chi connectivity index (χ1) is 15.7. The number of amides is 2. The van der Waals surface area contributed by atoms with Crippen molar-refractivity contribution >= 4 is 17.4 Å². The Hall–Kier alpha value is -3.08. The summed E-state index contributed by atoms with van der Waals surface area (Å²) < 4.78 is 11.4. The Morgan fingerprint density at radius 3 is 2.72 bits per heavy atom. The molecule has 7 heteroatoms. The SMILES string of the molecule is N#CC1CCC(N(C(=O)Nc2ccccc2)c2cccc(OCCN3CCOCC3)c2)C1. The number of benzene rings is 2. The van der Waals surface area contributed by atoms with Crippen LogP contribution in [0.15, 0.2) is 54.6 Å². The summed E-state index contributed by atoms with van der Waals surface area (Å²) in [4.78, 5) is 17.4. The topological polar surface area (TPSA) is 77.8 Å². The lowest BCUT2D eigenvalue weighted by Gasteiger charge is -2.30. The number of para-hydroxylation sites is 1. The Bertz CT molecular complexity index is 924. The van der Waals surface area contributed by atoms with Gasteiger partial charge < -0.3 is 14.8 Å². The van der Waals surface area contributed by atoms with Crippen LogP contribution in [0.2, 0.25) is 0 Å². The summed E-state index contributed by atoms with van der Waals surface area (Å²) in [6, 6.07) is 19.3. The van der Waals surface area contributed by atoms with Crippen LogP contribution in [-0.4, -0.2) is 56.4 Å². The number of nitrogens with one attached hydrogen (secondary N) is 1. The second-order valence-electron chi connectivity index (χ2n) is 8.26. The van der Waals surface area contributed by atoms with E-state index < -0.39 is 0 Å². The van der Waals surface area contributed by atoms with Crippen molar-refractivity contribution in [2.75, 3.05) is 49.7 Å². The maximum atomic E-state index is 13.3. The van der Waals surface area contributed by atoms with Crippen LogP contribution in [0.5, 0.6) is 5.75 Å². The van der Waals surface area contributed by atoms with Gasteiger partial charge in [-0.15, -0.1) is 0 Å². The fourth-order valence-corrected chi connectivity index (χ4v) is 4.35. The molecule has 2 amide bonds. The van der Waals surface area contributed by atoms with Gasteiger partial charge in [0.05, 0.1) is 19.3 Å².